The molecule has 0 bridgehead atoms. The molecule has 0 aliphatic carbocycles. The van der Waals surface area contributed by atoms with E-state index in [4.69, 9.17) is 32.3 Å². The fraction of sp³-hybridized carbons (Fsp3) is 0.613. The monoisotopic (exact) mass is 1340 g/mol. The van der Waals surface area contributed by atoms with Crippen LogP contribution >= 0.6 is 15.6 Å². The Labute approximate surface area is 561 Å². The number of carbonyl (C=O) groups is 3. The quantitative estimate of drug-likeness (QED) is 0.0146. The van der Waals surface area contributed by atoms with E-state index in [9.17, 15) is 43.5 Å². The Kier molecular flexibility index (Phi) is 63.7. The average molecular weight is 1340 g/mol. The van der Waals surface area contributed by atoms with Crippen molar-refractivity contribution in [2.75, 3.05) is 39.6 Å². The molecule has 93 heavy (non-hydrogen) atoms. The van der Waals surface area contributed by atoms with Crippen molar-refractivity contribution in [2.24, 2.45) is 0 Å². The Morgan fingerprint density at radius 3 is 0.978 bits per heavy atom. The van der Waals surface area contributed by atoms with E-state index >= 15 is 0 Å². The third-order valence-corrected chi connectivity index (χ3v) is 15.6. The summed E-state index contributed by atoms with van der Waals surface area (Å²) in [6, 6.07) is 0. The van der Waals surface area contributed by atoms with Crippen LogP contribution in [0, 0.1) is 0 Å². The molecule has 0 heterocycles. The summed E-state index contributed by atoms with van der Waals surface area (Å²) in [4.78, 5) is 58.3. The molecule has 0 aliphatic heterocycles. The molecule has 0 rings (SSSR count). The van der Waals surface area contributed by atoms with Gasteiger partial charge < -0.3 is 34.2 Å². The highest BCUT2D eigenvalue weighted by molar-refractivity contribution is 7.47. The van der Waals surface area contributed by atoms with Gasteiger partial charge in [-0.05, 0) is 135 Å². The van der Waals surface area contributed by atoms with E-state index in [1.54, 1.807) is 0 Å². The summed E-state index contributed by atoms with van der Waals surface area (Å²) in [6.07, 6.45) is 81.7. The van der Waals surface area contributed by atoms with Crippen molar-refractivity contribution in [3.8, 4) is 0 Å². The lowest BCUT2D eigenvalue weighted by Crippen LogP contribution is -2.30. The van der Waals surface area contributed by atoms with E-state index in [1.807, 2.05) is 18.2 Å². The maximum atomic E-state index is 12.9. The standard InChI is InChI=1S/C75H122O16P2/c1-4-7-10-13-16-19-22-25-27-29-31-32-33-34-35-36-38-40-41-44-46-49-52-55-58-61-73(78)85-64-70(76)65-87-92(81,82)88-66-71(77)67-89-93(83,84)90-69-72(91-75(80)63-60-57-54-51-48-43-24-21-18-15-12-9-6-3)68-86-74(79)62-59-56-53-50-47-45-42-39-37-30-28-26-23-20-17-14-11-8-5-2/h7-8,10-11,16-17,19-21,24-28,31-32,34-35,37-40,45,47,53,56,70-72,76-77H,4-6,9,12-15,18,22-23,29-30,33,36,41-44,46,48-52,54-55,57-69H2,1-3H3,(H,81,82)(H,83,84)/b10-7-,11-8-,19-16-,20-17-,24-21-,27-25-,28-26-,32-31-,35-34-,39-37-,40-38-,47-45-,56-53-. The topological polar surface area (TPSA) is 231 Å². The van der Waals surface area contributed by atoms with Crippen molar-refractivity contribution >= 4 is 33.6 Å². The Morgan fingerprint density at radius 2 is 0.591 bits per heavy atom. The number of hydrogen-bond donors (Lipinski definition) is 4. The van der Waals surface area contributed by atoms with E-state index in [2.05, 4.69) is 161 Å². The maximum absolute atomic E-state index is 12.9. The lowest BCUT2D eigenvalue weighted by atomic mass is 10.1. The highest BCUT2D eigenvalue weighted by atomic mass is 31.2. The van der Waals surface area contributed by atoms with Crippen LogP contribution in [0.5, 0.6) is 0 Å². The van der Waals surface area contributed by atoms with E-state index in [-0.39, 0.29) is 19.3 Å². The zero-order valence-corrected chi connectivity index (χ0v) is 58.9. The van der Waals surface area contributed by atoms with E-state index in [0.29, 0.717) is 25.7 Å². The molecule has 5 atom stereocenters. The minimum absolute atomic E-state index is 0.0386. The number of esters is 3. The minimum atomic E-state index is -4.95. The number of carbonyl (C=O) groups excluding carboxylic acids is 3. The van der Waals surface area contributed by atoms with Crippen molar-refractivity contribution in [1.29, 1.82) is 0 Å². The number of hydrogen-bond acceptors (Lipinski definition) is 14. The predicted octanol–water partition coefficient (Wildman–Crippen LogP) is 19.5. The molecule has 0 aromatic carbocycles. The van der Waals surface area contributed by atoms with Gasteiger partial charge in [0.2, 0.25) is 0 Å². The zero-order chi connectivity index (χ0) is 68.1. The summed E-state index contributed by atoms with van der Waals surface area (Å²) in [7, 11) is -9.81. The molecular weight excluding hydrogens is 1220 g/mol. The molecular formula is C75H122O16P2. The second kappa shape index (κ2) is 67.2. The lowest BCUT2D eigenvalue weighted by Gasteiger charge is -2.21. The summed E-state index contributed by atoms with van der Waals surface area (Å²) < 4.78 is 60.8. The van der Waals surface area contributed by atoms with Gasteiger partial charge in [0.1, 0.15) is 25.4 Å². The zero-order valence-electron chi connectivity index (χ0n) is 57.1. The third-order valence-electron chi connectivity index (χ3n) is 13.7. The fourth-order valence-electron chi connectivity index (χ4n) is 8.47. The van der Waals surface area contributed by atoms with Crippen LogP contribution in [-0.2, 0) is 55.8 Å². The van der Waals surface area contributed by atoms with Crippen molar-refractivity contribution < 1.29 is 75.8 Å². The second-order valence-corrected chi connectivity index (χ2v) is 25.5. The molecule has 18 heteroatoms. The number of allylic oxidation sites excluding steroid dienone is 26. The van der Waals surface area contributed by atoms with Gasteiger partial charge in [-0.15, -0.1) is 0 Å². The molecule has 0 saturated heterocycles. The van der Waals surface area contributed by atoms with Gasteiger partial charge in [0, 0.05) is 19.3 Å². The number of ether oxygens (including phenoxy) is 3. The molecule has 0 aliphatic rings. The first kappa shape index (κ1) is 88.2. The average Bonchev–Trinajstić information content (AvgIpc) is 3.74. The molecule has 5 unspecified atom stereocenters. The van der Waals surface area contributed by atoms with Gasteiger partial charge >= 0.3 is 33.6 Å². The van der Waals surface area contributed by atoms with Crippen LogP contribution in [0.4, 0.5) is 0 Å². The molecule has 0 amide bonds. The molecule has 0 aromatic rings. The molecule has 4 N–H and O–H groups in total. The van der Waals surface area contributed by atoms with Crippen LogP contribution in [0.15, 0.2) is 158 Å². The molecule has 0 spiro atoms. The molecule has 0 saturated carbocycles. The van der Waals surface area contributed by atoms with Gasteiger partial charge in [-0.25, -0.2) is 9.13 Å². The number of phosphoric ester groups is 2. The smallest absolute Gasteiger partial charge is 0.463 e. The van der Waals surface area contributed by atoms with Crippen LogP contribution in [0.3, 0.4) is 0 Å². The number of aliphatic hydroxyl groups excluding tert-OH is 2. The van der Waals surface area contributed by atoms with Crippen LogP contribution in [-0.4, -0.2) is 95.9 Å². The van der Waals surface area contributed by atoms with Gasteiger partial charge in [-0.1, -0.05) is 243 Å². The summed E-state index contributed by atoms with van der Waals surface area (Å²) in [6.45, 7) is 2.28. The summed E-state index contributed by atoms with van der Waals surface area (Å²) >= 11 is 0. The van der Waals surface area contributed by atoms with Crippen molar-refractivity contribution in [3.05, 3.63) is 158 Å². The van der Waals surface area contributed by atoms with Crippen LogP contribution in [0.25, 0.3) is 0 Å². The van der Waals surface area contributed by atoms with Crippen molar-refractivity contribution in [2.45, 2.75) is 257 Å². The number of rotatable bonds is 64. The summed E-state index contributed by atoms with van der Waals surface area (Å²) in [5, 5.41) is 20.6. The Bertz CT molecular complexity index is 2320. The largest absolute Gasteiger partial charge is 0.472 e. The first-order valence-corrected chi connectivity index (χ1v) is 37.8. The highest BCUT2D eigenvalue weighted by Crippen LogP contribution is 2.45. The Morgan fingerprint density at radius 1 is 0.312 bits per heavy atom. The van der Waals surface area contributed by atoms with E-state index < -0.39 is 91.5 Å². The number of aliphatic hydroxyl groups is 2. The van der Waals surface area contributed by atoms with Crippen LogP contribution in [0.1, 0.15) is 239 Å². The summed E-state index contributed by atoms with van der Waals surface area (Å²) in [5.74, 6) is -1.71. The third kappa shape index (κ3) is 68.4. The SMILES string of the molecule is CC/C=C\C/C=C\C/C=C\C/C=C\C/C=C\C/C=C\CCCCCCCCC(=O)OCC(O)COP(=O)(O)OCC(O)COP(=O)(O)OCC(COC(=O)CC/C=C\C/C=C\C/C=C\C/C=C\C/C=C\C/C=C\CC)OC(=O)CCCCCCC/C=C\CCCCCC. The second-order valence-electron chi connectivity index (χ2n) is 22.6. The van der Waals surface area contributed by atoms with E-state index in [1.165, 1.54) is 25.7 Å². The molecule has 0 aromatic heterocycles. The minimum Gasteiger partial charge on any atom is -0.463 e. The molecule has 0 radical (unpaired) electrons. The van der Waals surface area contributed by atoms with Gasteiger partial charge in [0.15, 0.2) is 6.10 Å². The van der Waals surface area contributed by atoms with Gasteiger partial charge in [-0.3, -0.25) is 32.5 Å². The van der Waals surface area contributed by atoms with Crippen LogP contribution in [0.2, 0.25) is 0 Å². The van der Waals surface area contributed by atoms with Gasteiger partial charge in [0.05, 0.1) is 26.4 Å². The van der Waals surface area contributed by atoms with E-state index in [0.717, 1.165) is 148 Å². The molecule has 0 fully saturated rings. The van der Waals surface area contributed by atoms with Crippen LogP contribution < -0.4 is 0 Å². The van der Waals surface area contributed by atoms with Crippen molar-refractivity contribution in [3.63, 3.8) is 0 Å². The Hall–Kier alpha value is -4.83. The highest BCUT2D eigenvalue weighted by Gasteiger charge is 2.29. The molecule has 528 valence electrons. The first-order chi connectivity index (χ1) is 45.2. The molecule has 16 nitrogen and oxygen atoms in total. The fourth-order valence-corrected chi connectivity index (χ4v) is 10.1. The van der Waals surface area contributed by atoms with Gasteiger partial charge in [0.25, 0.3) is 0 Å². The van der Waals surface area contributed by atoms with Crippen molar-refractivity contribution in [1.82, 2.24) is 0 Å². The first-order valence-electron chi connectivity index (χ1n) is 34.8. The maximum Gasteiger partial charge on any atom is 0.472 e. The number of phosphoric acid groups is 2. The normalized spacial score (nSPS) is 15.1. The van der Waals surface area contributed by atoms with Gasteiger partial charge in [-0.2, -0.15) is 0 Å². The number of unbranched alkanes of at least 4 members (excludes halogenated alkanes) is 15. The summed E-state index contributed by atoms with van der Waals surface area (Å²) in [5.41, 5.74) is 0. The lowest BCUT2D eigenvalue weighted by molar-refractivity contribution is -0.161. The Balaban J connectivity index is 4.67. The predicted molar refractivity (Wildman–Crippen MR) is 380 cm³/mol.